The Kier molecular flexibility index (Phi) is 8.47. The van der Waals surface area contributed by atoms with E-state index in [-0.39, 0.29) is 41.0 Å². The number of rotatable bonds is 6. The molecule has 9 heteroatoms. The molecule has 34 heavy (non-hydrogen) atoms. The van der Waals surface area contributed by atoms with Crippen molar-refractivity contribution >= 4 is 35.0 Å². The molecule has 188 valence electrons. The van der Waals surface area contributed by atoms with Gasteiger partial charge in [0.05, 0.1) is 18.9 Å². The molecule has 1 aliphatic heterocycles. The van der Waals surface area contributed by atoms with Gasteiger partial charge in [0.25, 0.3) is 0 Å². The Hall–Kier alpha value is -2.13. The second-order valence-electron chi connectivity index (χ2n) is 9.97. The van der Waals surface area contributed by atoms with Gasteiger partial charge >= 0.3 is 12.1 Å². The summed E-state index contributed by atoms with van der Waals surface area (Å²) in [4.78, 5) is 39.9. The summed E-state index contributed by atoms with van der Waals surface area (Å²) >= 11 is 1.16. The maximum absolute atomic E-state index is 13.7. The van der Waals surface area contributed by atoms with E-state index in [1.54, 1.807) is 16.3 Å². The van der Waals surface area contributed by atoms with Gasteiger partial charge in [-0.15, -0.1) is 11.3 Å². The molecule has 8 nitrogen and oxygen atoms in total. The van der Waals surface area contributed by atoms with Gasteiger partial charge in [0.1, 0.15) is 11.0 Å². The number of aromatic carboxylic acids is 1. The Balaban J connectivity index is 1.40. The van der Waals surface area contributed by atoms with Crippen LogP contribution < -0.4 is 10.2 Å². The molecule has 0 bridgehead atoms. The van der Waals surface area contributed by atoms with Crippen molar-refractivity contribution in [3.63, 3.8) is 0 Å². The van der Waals surface area contributed by atoms with E-state index >= 15 is 0 Å². The molecule has 3 aliphatic rings. The summed E-state index contributed by atoms with van der Waals surface area (Å²) in [6.07, 6.45) is 7.64. The fourth-order valence-electron chi connectivity index (χ4n) is 5.48. The molecule has 2 heterocycles. The van der Waals surface area contributed by atoms with Gasteiger partial charge in [-0.05, 0) is 68.7 Å². The number of alkyl carbamates (subject to hydrolysis) is 1. The first kappa shape index (κ1) is 25.0. The van der Waals surface area contributed by atoms with Crippen LogP contribution in [0, 0.1) is 11.8 Å². The summed E-state index contributed by atoms with van der Waals surface area (Å²) in [6, 6.07) is 1.70. The van der Waals surface area contributed by atoms with E-state index in [1.165, 1.54) is 0 Å². The number of nitrogens with one attached hydrogen (secondary N) is 1. The molecule has 4 rings (SSSR count). The van der Waals surface area contributed by atoms with Gasteiger partial charge in [-0.2, -0.15) is 0 Å². The predicted molar refractivity (Wildman–Crippen MR) is 129 cm³/mol. The summed E-state index contributed by atoms with van der Waals surface area (Å²) in [5, 5.41) is 14.4. The largest absolute Gasteiger partial charge is 0.477 e. The third kappa shape index (κ3) is 6.10. The van der Waals surface area contributed by atoms with E-state index in [4.69, 9.17) is 9.47 Å². The summed E-state index contributed by atoms with van der Waals surface area (Å²) in [5.74, 6) is -0.354. The van der Waals surface area contributed by atoms with Crippen LogP contribution in [-0.4, -0.2) is 54.5 Å². The lowest BCUT2D eigenvalue weighted by atomic mass is 9.81. The molecule has 0 atom stereocenters. The Morgan fingerprint density at radius 2 is 1.71 bits per heavy atom. The van der Waals surface area contributed by atoms with Crippen molar-refractivity contribution in [1.29, 1.82) is 0 Å². The van der Waals surface area contributed by atoms with Gasteiger partial charge < -0.3 is 24.8 Å². The number of ether oxygens (including phenoxy) is 2. The minimum Gasteiger partial charge on any atom is -0.477 e. The second-order valence-corrected chi connectivity index (χ2v) is 10.9. The molecule has 2 saturated carbocycles. The number of anilines is 1. The molecule has 2 aliphatic carbocycles. The van der Waals surface area contributed by atoms with Crippen molar-refractivity contribution in [2.75, 3.05) is 18.1 Å². The van der Waals surface area contributed by atoms with E-state index in [0.717, 1.165) is 62.7 Å². The zero-order valence-electron chi connectivity index (χ0n) is 19.9. The van der Waals surface area contributed by atoms with Crippen LogP contribution in [0.3, 0.4) is 0 Å². The maximum Gasteiger partial charge on any atom is 0.407 e. The Morgan fingerprint density at radius 1 is 1.03 bits per heavy atom. The van der Waals surface area contributed by atoms with E-state index in [1.807, 2.05) is 0 Å². The molecule has 0 unspecified atom stereocenters. The number of carboxylic acids is 1. The predicted octanol–water partition coefficient (Wildman–Crippen LogP) is 4.82. The lowest BCUT2D eigenvalue weighted by Crippen LogP contribution is -2.49. The highest BCUT2D eigenvalue weighted by Crippen LogP contribution is 2.37. The topological polar surface area (TPSA) is 105 Å². The van der Waals surface area contributed by atoms with Gasteiger partial charge in [-0.1, -0.05) is 6.92 Å². The minimum absolute atomic E-state index is 0.00232. The molecular weight excluding hydrogens is 456 g/mol. The molecule has 1 saturated heterocycles. The fraction of sp³-hybridized carbons (Fsp3) is 0.720. The molecule has 2 N–H and O–H groups in total. The van der Waals surface area contributed by atoms with Crippen molar-refractivity contribution in [3.05, 3.63) is 16.3 Å². The third-order valence-corrected chi connectivity index (χ3v) is 8.42. The lowest BCUT2D eigenvalue weighted by Gasteiger charge is -2.39. The highest BCUT2D eigenvalue weighted by Gasteiger charge is 2.37. The molecule has 0 spiro atoms. The molecule has 1 aromatic heterocycles. The van der Waals surface area contributed by atoms with Crippen LogP contribution in [0.2, 0.25) is 0 Å². The molecule has 2 amide bonds. The molecule has 3 fully saturated rings. The highest BCUT2D eigenvalue weighted by atomic mass is 32.1. The van der Waals surface area contributed by atoms with Gasteiger partial charge in [-0.3, -0.25) is 4.79 Å². The van der Waals surface area contributed by atoms with Gasteiger partial charge in [-0.25, -0.2) is 9.59 Å². The average molecular weight is 493 g/mol. The molecule has 0 aromatic carbocycles. The van der Waals surface area contributed by atoms with E-state index in [0.29, 0.717) is 37.7 Å². The van der Waals surface area contributed by atoms with Crippen LogP contribution in [0.5, 0.6) is 0 Å². The molecular formula is C25H36N2O6S. The number of carbonyl (C=O) groups is 3. The number of carbonyl (C=O) groups excluding carboxylic acids is 2. The highest BCUT2D eigenvalue weighted by molar-refractivity contribution is 7.12. The second kappa shape index (κ2) is 11.5. The maximum atomic E-state index is 13.7. The first-order valence-corrected chi connectivity index (χ1v) is 13.5. The van der Waals surface area contributed by atoms with Crippen molar-refractivity contribution < 1.29 is 29.0 Å². The number of carboxylic acid groups (broad SMARTS) is 1. The third-order valence-electron chi connectivity index (χ3n) is 7.53. The van der Waals surface area contributed by atoms with Gasteiger partial charge in [0, 0.05) is 30.8 Å². The number of amides is 2. The quantitative estimate of drug-likeness (QED) is 0.590. The first-order valence-electron chi connectivity index (χ1n) is 12.6. The molecule has 1 aromatic rings. The average Bonchev–Trinajstić information content (AvgIpc) is 3.31. The van der Waals surface area contributed by atoms with Gasteiger partial charge in [0.2, 0.25) is 5.91 Å². The number of hydrogen-bond donors (Lipinski definition) is 2. The zero-order valence-corrected chi connectivity index (χ0v) is 20.7. The van der Waals surface area contributed by atoms with Crippen molar-refractivity contribution in [3.8, 4) is 0 Å². The Labute approximate surface area is 205 Å². The van der Waals surface area contributed by atoms with Crippen LogP contribution >= 0.6 is 11.3 Å². The zero-order chi connectivity index (χ0) is 24.1. The summed E-state index contributed by atoms with van der Waals surface area (Å²) in [5.41, 5.74) is 0.524. The number of nitrogens with zero attached hydrogens (tertiary/aromatic N) is 1. The van der Waals surface area contributed by atoms with E-state index in [9.17, 15) is 19.5 Å². The Bertz CT molecular complexity index is 851. The van der Waals surface area contributed by atoms with Crippen molar-refractivity contribution in [2.45, 2.75) is 89.3 Å². The first-order chi connectivity index (χ1) is 16.4. The number of hydrogen-bond acceptors (Lipinski definition) is 6. The van der Waals surface area contributed by atoms with Crippen molar-refractivity contribution in [1.82, 2.24) is 5.32 Å². The molecule has 0 radical (unpaired) electrons. The monoisotopic (exact) mass is 492 g/mol. The summed E-state index contributed by atoms with van der Waals surface area (Å²) in [6.45, 7) is 3.46. The minimum atomic E-state index is -0.994. The Morgan fingerprint density at radius 3 is 2.35 bits per heavy atom. The normalized spacial score (nSPS) is 28.1. The van der Waals surface area contributed by atoms with E-state index < -0.39 is 5.97 Å². The summed E-state index contributed by atoms with van der Waals surface area (Å²) in [7, 11) is 0. The lowest BCUT2D eigenvalue weighted by molar-refractivity contribution is -0.124. The standard InChI is InChI=1S/C25H36N2O6S/c1-16-2-4-17(5-3-16)23(28)27(21-12-15-34-22(21)24(29)30)19-8-6-18(7-9-19)26-25(31)33-20-10-13-32-14-11-20/h12,15-20H,2-11,13-14H2,1H3,(H,26,31)(H,29,30). The van der Waals surface area contributed by atoms with Crippen LogP contribution in [0.1, 0.15) is 80.8 Å². The SMILES string of the molecule is CC1CCC(C(=O)N(c2ccsc2C(=O)O)C2CCC(NC(=O)OC3CCOCC3)CC2)CC1. The van der Waals surface area contributed by atoms with Crippen LogP contribution in [0.4, 0.5) is 10.5 Å². The van der Waals surface area contributed by atoms with Crippen LogP contribution in [0.25, 0.3) is 0 Å². The fourth-order valence-corrected chi connectivity index (χ4v) is 6.20. The summed E-state index contributed by atoms with van der Waals surface area (Å²) < 4.78 is 10.8. The van der Waals surface area contributed by atoms with Crippen LogP contribution in [0.15, 0.2) is 11.4 Å². The van der Waals surface area contributed by atoms with Crippen molar-refractivity contribution in [2.24, 2.45) is 11.8 Å². The van der Waals surface area contributed by atoms with E-state index in [2.05, 4.69) is 12.2 Å². The number of thiophene rings is 1. The van der Waals surface area contributed by atoms with Gasteiger partial charge in [0.15, 0.2) is 0 Å². The smallest absolute Gasteiger partial charge is 0.407 e. The van der Waals surface area contributed by atoms with Crippen LogP contribution in [-0.2, 0) is 14.3 Å².